The molecule has 5 nitrogen and oxygen atoms in total. The lowest BCUT2D eigenvalue weighted by atomic mass is 10.0. The summed E-state index contributed by atoms with van der Waals surface area (Å²) in [6.07, 6.45) is 3.74. The number of nitriles is 1. The van der Waals surface area contributed by atoms with Gasteiger partial charge < -0.3 is 15.2 Å². The number of nitrogens with zero attached hydrogens (tertiary/aromatic N) is 3. The van der Waals surface area contributed by atoms with Gasteiger partial charge in [-0.05, 0) is 49.9 Å². The van der Waals surface area contributed by atoms with Crippen LogP contribution in [0.3, 0.4) is 0 Å². The molecule has 3 rings (SSSR count). The van der Waals surface area contributed by atoms with Crippen molar-refractivity contribution in [2.75, 3.05) is 12.3 Å². The maximum absolute atomic E-state index is 12.8. The third-order valence-electron chi connectivity index (χ3n) is 5.03. The van der Waals surface area contributed by atoms with Crippen LogP contribution in [0.25, 0.3) is 0 Å². The van der Waals surface area contributed by atoms with Crippen molar-refractivity contribution in [3.8, 4) is 6.07 Å². The van der Waals surface area contributed by atoms with E-state index in [1.165, 1.54) is 0 Å². The number of piperidine rings is 1. The smallest absolute Gasteiger partial charge is 0.242 e. The summed E-state index contributed by atoms with van der Waals surface area (Å²) in [6.45, 7) is 3.00. The summed E-state index contributed by atoms with van der Waals surface area (Å²) in [4.78, 5) is 14.8. The van der Waals surface area contributed by atoms with Crippen molar-refractivity contribution in [3.05, 3.63) is 52.3 Å². The SMILES string of the molecule is C[C@@H]1CCCCN1C(=O)Cn1c(C#N)cc(N)c1Cc1cccc(Cl)c1. The molecule has 1 saturated heterocycles. The molecule has 2 N–H and O–H groups in total. The van der Waals surface area contributed by atoms with Crippen molar-refractivity contribution in [3.63, 3.8) is 0 Å². The molecule has 0 radical (unpaired) electrons. The Kier molecular flexibility index (Phi) is 5.53. The zero-order valence-corrected chi connectivity index (χ0v) is 15.7. The number of rotatable bonds is 4. The Hall–Kier alpha value is -2.45. The van der Waals surface area contributed by atoms with Crippen molar-refractivity contribution >= 4 is 23.2 Å². The van der Waals surface area contributed by atoms with Gasteiger partial charge in [-0.25, -0.2) is 0 Å². The molecule has 1 fully saturated rings. The monoisotopic (exact) mass is 370 g/mol. The first-order valence-corrected chi connectivity index (χ1v) is 9.29. The molecular weight excluding hydrogens is 348 g/mol. The Morgan fingerprint density at radius 2 is 2.19 bits per heavy atom. The van der Waals surface area contributed by atoms with E-state index in [-0.39, 0.29) is 18.5 Å². The number of halogens is 1. The van der Waals surface area contributed by atoms with Gasteiger partial charge in [0.1, 0.15) is 18.3 Å². The molecule has 0 saturated carbocycles. The number of anilines is 1. The molecule has 0 bridgehead atoms. The highest BCUT2D eigenvalue weighted by Crippen LogP contribution is 2.24. The lowest BCUT2D eigenvalue weighted by Gasteiger charge is -2.33. The van der Waals surface area contributed by atoms with Crippen LogP contribution < -0.4 is 5.73 Å². The summed E-state index contributed by atoms with van der Waals surface area (Å²) >= 11 is 6.07. The minimum atomic E-state index is 0.0386. The van der Waals surface area contributed by atoms with Crippen molar-refractivity contribution < 1.29 is 4.79 Å². The zero-order valence-electron chi connectivity index (χ0n) is 14.9. The highest BCUT2D eigenvalue weighted by molar-refractivity contribution is 6.30. The second-order valence-electron chi connectivity index (χ2n) is 6.87. The van der Waals surface area contributed by atoms with Gasteiger partial charge in [0, 0.05) is 29.7 Å². The fourth-order valence-electron chi connectivity index (χ4n) is 3.62. The minimum Gasteiger partial charge on any atom is -0.397 e. The lowest BCUT2D eigenvalue weighted by Crippen LogP contribution is -2.43. The molecule has 0 unspecified atom stereocenters. The van der Waals surface area contributed by atoms with Crippen LogP contribution in [-0.2, 0) is 17.8 Å². The van der Waals surface area contributed by atoms with Gasteiger partial charge in [-0.2, -0.15) is 5.26 Å². The van der Waals surface area contributed by atoms with Crippen LogP contribution in [0.5, 0.6) is 0 Å². The van der Waals surface area contributed by atoms with E-state index in [1.54, 1.807) is 10.6 Å². The van der Waals surface area contributed by atoms with Crippen molar-refractivity contribution in [2.24, 2.45) is 0 Å². The molecule has 0 spiro atoms. The van der Waals surface area contributed by atoms with Gasteiger partial charge in [-0.3, -0.25) is 4.79 Å². The molecule has 0 aliphatic carbocycles. The number of carbonyl (C=O) groups excluding carboxylic acids is 1. The minimum absolute atomic E-state index is 0.0386. The second-order valence-corrected chi connectivity index (χ2v) is 7.30. The van der Waals surface area contributed by atoms with E-state index in [9.17, 15) is 10.1 Å². The molecule has 2 heterocycles. The summed E-state index contributed by atoms with van der Waals surface area (Å²) in [5.41, 5.74) is 8.87. The number of aromatic nitrogens is 1. The number of likely N-dealkylation sites (tertiary alicyclic amines) is 1. The van der Waals surface area contributed by atoms with E-state index in [4.69, 9.17) is 17.3 Å². The third kappa shape index (κ3) is 3.86. The summed E-state index contributed by atoms with van der Waals surface area (Å²) in [6, 6.07) is 11.6. The number of benzene rings is 1. The second kappa shape index (κ2) is 7.84. The van der Waals surface area contributed by atoms with Crippen LogP contribution in [0, 0.1) is 11.3 Å². The number of amides is 1. The van der Waals surface area contributed by atoms with Gasteiger partial charge in [0.15, 0.2) is 0 Å². The van der Waals surface area contributed by atoms with E-state index in [2.05, 4.69) is 13.0 Å². The average Bonchev–Trinajstić information content (AvgIpc) is 2.91. The van der Waals surface area contributed by atoms with Crippen molar-refractivity contribution in [2.45, 2.75) is 45.2 Å². The highest BCUT2D eigenvalue weighted by Gasteiger charge is 2.25. The van der Waals surface area contributed by atoms with E-state index >= 15 is 0 Å². The number of hydrogen-bond acceptors (Lipinski definition) is 3. The van der Waals surface area contributed by atoms with Gasteiger partial charge >= 0.3 is 0 Å². The maximum atomic E-state index is 12.8. The number of nitrogens with two attached hydrogens (primary N) is 1. The molecule has 26 heavy (non-hydrogen) atoms. The molecule has 1 aromatic heterocycles. The maximum Gasteiger partial charge on any atom is 0.242 e. The Bertz CT molecular complexity index is 852. The molecule has 1 aromatic carbocycles. The van der Waals surface area contributed by atoms with E-state index in [0.29, 0.717) is 22.8 Å². The Labute approximate surface area is 159 Å². The summed E-state index contributed by atoms with van der Waals surface area (Å²) < 4.78 is 1.75. The molecule has 2 aromatic rings. The average molecular weight is 371 g/mol. The third-order valence-corrected chi connectivity index (χ3v) is 5.27. The van der Waals surface area contributed by atoms with Gasteiger partial charge in [-0.1, -0.05) is 23.7 Å². The van der Waals surface area contributed by atoms with Crippen LogP contribution in [0.1, 0.15) is 43.1 Å². The number of hydrogen-bond donors (Lipinski definition) is 1. The first-order valence-electron chi connectivity index (χ1n) is 8.91. The van der Waals surface area contributed by atoms with E-state index < -0.39 is 0 Å². The predicted octanol–water partition coefficient (Wildman–Crippen LogP) is 3.59. The van der Waals surface area contributed by atoms with Crippen molar-refractivity contribution in [1.29, 1.82) is 5.26 Å². The molecular formula is C20H23ClN4O. The molecule has 1 aliphatic heterocycles. The molecule has 1 amide bonds. The summed E-state index contributed by atoms with van der Waals surface area (Å²) in [5.74, 6) is 0.0386. The van der Waals surface area contributed by atoms with Gasteiger partial charge in [0.05, 0.1) is 5.69 Å². The highest BCUT2D eigenvalue weighted by atomic mass is 35.5. The predicted molar refractivity (Wildman–Crippen MR) is 103 cm³/mol. The molecule has 136 valence electrons. The molecule has 1 aliphatic rings. The fraction of sp³-hybridized carbons (Fsp3) is 0.400. The van der Waals surface area contributed by atoms with Gasteiger partial charge in [0.2, 0.25) is 5.91 Å². The first kappa shape index (κ1) is 18.3. The Balaban J connectivity index is 1.88. The van der Waals surface area contributed by atoms with E-state index in [0.717, 1.165) is 37.1 Å². The normalized spacial score (nSPS) is 17.1. The van der Waals surface area contributed by atoms with Crippen LogP contribution in [0.15, 0.2) is 30.3 Å². The van der Waals surface area contributed by atoms with Gasteiger partial charge in [-0.15, -0.1) is 0 Å². The molecule has 6 heteroatoms. The number of nitrogen functional groups attached to an aromatic ring is 1. The lowest BCUT2D eigenvalue weighted by molar-refractivity contribution is -0.135. The van der Waals surface area contributed by atoms with Crippen LogP contribution in [0.4, 0.5) is 5.69 Å². The largest absolute Gasteiger partial charge is 0.397 e. The quantitative estimate of drug-likeness (QED) is 0.893. The van der Waals surface area contributed by atoms with E-state index in [1.807, 2.05) is 29.2 Å². The number of carbonyl (C=O) groups is 1. The topological polar surface area (TPSA) is 75.0 Å². The van der Waals surface area contributed by atoms with Crippen LogP contribution >= 0.6 is 11.6 Å². The summed E-state index contributed by atoms with van der Waals surface area (Å²) in [5, 5.41) is 10.1. The Morgan fingerprint density at radius 3 is 2.88 bits per heavy atom. The molecule has 1 atom stereocenters. The Morgan fingerprint density at radius 1 is 1.38 bits per heavy atom. The fourth-order valence-corrected chi connectivity index (χ4v) is 3.83. The van der Waals surface area contributed by atoms with Crippen molar-refractivity contribution in [1.82, 2.24) is 9.47 Å². The first-order chi connectivity index (χ1) is 12.5. The van der Waals surface area contributed by atoms with Crippen LogP contribution in [-0.4, -0.2) is 28.0 Å². The standard InChI is InChI=1S/C20H23ClN4O/c1-14-5-2-3-8-24(14)20(26)13-25-17(12-22)11-18(23)19(25)10-15-6-4-7-16(21)9-15/h4,6-7,9,11,14H,2-3,5,8,10,13,23H2,1H3/t14-/m1/s1. The summed E-state index contributed by atoms with van der Waals surface area (Å²) in [7, 11) is 0. The van der Waals surface area contributed by atoms with Crippen LogP contribution in [0.2, 0.25) is 5.02 Å². The van der Waals surface area contributed by atoms with Gasteiger partial charge in [0.25, 0.3) is 0 Å². The zero-order chi connectivity index (χ0) is 18.7.